The molecular weight excluding hydrogens is 514 g/mol. The fraction of sp³-hybridized carbons (Fsp3) is 0.0909. The van der Waals surface area contributed by atoms with Crippen LogP contribution in [0.3, 0.4) is 0 Å². The van der Waals surface area contributed by atoms with Gasteiger partial charge < -0.3 is 9.88 Å². The molecule has 2 heterocycles. The first-order chi connectivity index (χ1) is 13.9. The minimum atomic E-state index is -0.126. The first-order valence-corrected chi connectivity index (χ1v) is 11.3. The van der Waals surface area contributed by atoms with Crippen LogP contribution in [0.1, 0.15) is 17.0 Å². The van der Waals surface area contributed by atoms with Crippen molar-refractivity contribution in [2.45, 2.75) is 13.8 Å². The lowest BCUT2D eigenvalue weighted by Crippen LogP contribution is -2.19. The minimum absolute atomic E-state index is 0.126. The molecule has 0 saturated carbocycles. The van der Waals surface area contributed by atoms with Gasteiger partial charge >= 0.3 is 0 Å². The summed E-state index contributed by atoms with van der Waals surface area (Å²) < 4.78 is 4.22. The lowest BCUT2D eigenvalue weighted by Gasteiger charge is -2.09. The fourth-order valence-electron chi connectivity index (χ4n) is 3.18. The number of halogens is 2. The molecule has 29 heavy (non-hydrogen) atoms. The lowest BCUT2D eigenvalue weighted by molar-refractivity contribution is -0.115. The van der Waals surface area contributed by atoms with Crippen molar-refractivity contribution in [1.82, 2.24) is 9.88 Å². The summed E-state index contributed by atoms with van der Waals surface area (Å²) in [6, 6.07) is 17.9. The minimum Gasteiger partial charge on any atom is -0.318 e. The number of amides is 1. The van der Waals surface area contributed by atoms with E-state index in [9.17, 15) is 4.79 Å². The molecule has 146 valence electrons. The number of nitrogens with one attached hydrogen (secondary N) is 1. The Morgan fingerprint density at radius 3 is 2.28 bits per heavy atom. The Kier molecular flexibility index (Phi) is 5.81. The number of aliphatic imine (C=N–C) groups is 1. The van der Waals surface area contributed by atoms with E-state index >= 15 is 0 Å². The van der Waals surface area contributed by atoms with E-state index in [4.69, 9.17) is 0 Å². The number of aryl methyl sites for hydroxylation is 1. The van der Waals surface area contributed by atoms with Gasteiger partial charge in [-0.05, 0) is 91.8 Å². The average Bonchev–Trinajstić information content (AvgIpc) is 3.17. The predicted octanol–water partition coefficient (Wildman–Crippen LogP) is 6.51. The highest BCUT2D eigenvalue weighted by atomic mass is 79.9. The number of benzene rings is 2. The topological polar surface area (TPSA) is 46.4 Å². The molecule has 4 rings (SSSR count). The van der Waals surface area contributed by atoms with Gasteiger partial charge in [-0.15, -0.1) is 0 Å². The van der Waals surface area contributed by atoms with E-state index in [1.165, 1.54) is 11.8 Å². The van der Waals surface area contributed by atoms with Crippen molar-refractivity contribution in [1.29, 1.82) is 0 Å². The molecule has 0 radical (unpaired) electrons. The molecule has 1 N–H and O–H groups in total. The summed E-state index contributed by atoms with van der Waals surface area (Å²) in [6.07, 6.45) is 1.93. The molecule has 1 aromatic heterocycles. The average molecular weight is 531 g/mol. The first-order valence-electron chi connectivity index (χ1n) is 8.91. The fourth-order valence-corrected chi connectivity index (χ4v) is 4.54. The van der Waals surface area contributed by atoms with Gasteiger partial charge in [-0.1, -0.05) is 31.9 Å². The Morgan fingerprint density at radius 2 is 1.62 bits per heavy atom. The number of hydrogen-bond donors (Lipinski definition) is 1. The Hall–Kier alpha value is -2.09. The number of nitrogens with zero attached hydrogens (tertiary/aromatic N) is 2. The molecule has 1 fully saturated rings. The molecule has 4 nitrogen and oxygen atoms in total. The third-order valence-electron chi connectivity index (χ3n) is 4.55. The molecule has 0 aliphatic carbocycles. The van der Waals surface area contributed by atoms with Crippen molar-refractivity contribution in [3.63, 3.8) is 0 Å². The van der Waals surface area contributed by atoms with Crippen LogP contribution in [0.25, 0.3) is 11.8 Å². The van der Waals surface area contributed by atoms with Gasteiger partial charge in [0.2, 0.25) is 0 Å². The van der Waals surface area contributed by atoms with E-state index in [-0.39, 0.29) is 5.91 Å². The molecule has 1 aliphatic heterocycles. The maximum Gasteiger partial charge on any atom is 0.264 e. The number of hydrogen-bond acceptors (Lipinski definition) is 3. The van der Waals surface area contributed by atoms with Crippen molar-refractivity contribution in [2.24, 2.45) is 4.99 Å². The summed E-state index contributed by atoms with van der Waals surface area (Å²) in [5.41, 5.74) is 5.11. The van der Waals surface area contributed by atoms with Crippen LogP contribution in [0.4, 0.5) is 5.69 Å². The summed E-state index contributed by atoms with van der Waals surface area (Å²) in [7, 11) is 0. The Bertz CT molecular complexity index is 1150. The third-order valence-corrected chi connectivity index (χ3v) is 6.52. The number of carbonyl (C=O) groups is 1. The van der Waals surface area contributed by atoms with Crippen LogP contribution in [0.15, 0.2) is 73.4 Å². The van der Waals surface area contributed by atoms with Crippen LogP contribution in [-0.4, -0.2) is 15.6 Å². The van der Waals surface area contributed by atoms with Crippen molar-refractivity contribution < 1.29 is 4.79 Å². The zero-order valence-corrected chi connectivity index (χ0v) is 19.7. The third kappa shape index (κ3) is 4.42. The largest absolute Gasteiger partial charge is 0.318 e. The van der Waals surface area contributed by atoms with Crippen molar-refractivity contribution in [3.8, 4) is 5.69 Å². The highest BCUT2D eigenvalue weighted by Crippen LogP contribution is 2.31. The molecule has 1 aliphatic rings. The molecule has 1 saturated heterocycles. The molecule has 3 aromatic rings. The van der Waals surface area contributed by atoms with Gasteiger partial charge in [0.15, 0.2) is 5.17 Å². The molecular formula is C22H17Br2N3OS. The van der Waals surface area contributed by atoms with Crippen LogP contribution in [0.5, 0.6) is 0 Å². The Balaban J connectivity index is 1.63. The van der Waals surface area contributed by atoms with Gasteiger partial charge in [-0.2, -0.15) is 0 Å². The van der Waals surface area contributed by atoms with Crippen molar-refractivity contribution >= 4 is 66.5 Å². The molecule has 7 heteroatoms. The van der Waals surface area contributed by atoms with E-state index in [1.807, 2.05) is 42.5 Å². The number of rotatable bonds is 3. The maximum absolute atomic E-state index is 12.4. The maximum atomic E-state index is 12.4. The second-order valence-electron chi connectivity index (χ2n) is 6.60. The second-order valence-corrected chi connectivity index (χ2v) is 9.46. The first kappa shape index (κ1) is 20.2. The number of carbonyl (C=O) groups excluding carboxylic acids is 1. The zero-order valence-electron chi connectivity index (χ0n) is 15.7. The highest BCUT2D eigenvalue weighted by Gasteiger charge is 2.24. The second kappa shape index (κ2) is 8.34. The van der Waals surface area contributed by atoms with Gasteiger partial charge in [0.25, 0.3) is 5.91 Å². The van der Waals surface area contributed by atoms with E-state index < -0.39 is 0 Å². The van der Waals surface area contributed by atoms with Gasteiger partial charge in [-0.25, -0.2) is 4.99 Å². The van der Waals surface area contributed by atoms with Gasteiger partial charge in [0, 0.05) is 26.0 Å². The van der Waals surface area contributed by atoms with E-state index in [1.54, 1.807) is 0 Å². The van der Waals surface area contributed by atoms with Crippen molar-refractivity contribution in [2.75, 3.05) is 0 Å². The quantitative estimate of drug-likeness (QED) is 0.392. The summed E-state index contributed by atoms with van der Waals surface area (Å²) in [4.78, 5) is 17.6. The van der Waals surface area contributed by atoms with Crippen LogP contribution in [-0.2, 0) is 4.79 Å². The molecule has 1 amide bonds. The van der Waals surface area contributed by atoms with Crippen LogP contribution < -0.4 is 5.32 Å². The van der Waals surface area contributed by atoms with Gasteiger partial charge in [-0.3, -0.25) is 4.79 Å². The predicted molar refractivity (Wildman–Crippen MR) is 128 cm³/mol. The number of thioether (sulfide) groups is 1. The normalized spacial score (nSPS) is 16.6. The zero-order chi connectivity index (χ0) is 20.5. The molecule has 0 atom stereocenters. The lowest BCUT2D eigenvalue weighted by atomic mass is 10.2. The summed E-state index contributed by atoms with van der Waals surface area (Å²) in [6.45, 7) is 4.13. The smallest absolute Gasteiger partial charge is 0.264 e. The molecule has 0 spiro atoms. The monoisotopic (exact) mass is 529 g/mol. The summed E-state index contributed by atoms with van der Waals surface area (Å²) in [5.74, 6) is -0.126. The van der Waals surface area contributed by atoms with Crippen LogP contribution in [0.2, 0.25) is 0 Å². The molecule has 0 bridgehead atoms. The van der Waals surface area contributed by atoms with E-state index in [0.717, 1.165) is 37.3 Å². The number of aromatic nitrogens is 1. The van der Waals surface area contributed by atoms with Gasteiger partial charge in [0.1, 0.15) is 0 Å². The highest BCUT2D eigenvalue weighted by molar-refractivity contribution is 9.10. The SMILES string of the molecule is Cc1cc(/C=C2\SC(=Nc3ccc(Br)cc3)NC2=O)c(C)n1-c1ccc(Br)cc1. The van der Waals surface area contributed by atoms with Gasteiger partial charge in [0.05, 0.1) is 10.6 Å². The molecule has 2 aromatic carbocycles. The standard InChI is InChI=1S/C22H17Br2N3OS/c1-13-11-15(14(2)27(13)19-9-5-17(24)6-10-19)12-20-21(28)26-22(29-20)25-18-7-3-16(23)4-8-18/h3-12H,1-2H3,(H,25,26,28)/b20-12-. The Morgan fingerprint density at radius 1 is 1.00 bits per heavy atom. The number of amidine groups is 1. The van der Waals surface area contributed by atoms with E-state index in [2.05, 4.69) is 78.8 Å². The van der Waals surface area contributed by atoms with Crippen LogP contribution >= 0.6 is 43.6 Å². The molecule has 0 unspecified atom stereocenters. The van der Waals surface area contributed by atoms with E-state index in [0.29, 0.717) is 10.1 Å². The summed E-state index contributed by atoms with van der Waals surface area (Å²) in [5, 5.41) is 3.44. The van der Waals surface area contributed by atoms with Crippen LogP contribution in [0, 0.1) is 13.8 Å². The summed E-state index contributed by atoms with van der Waals surface area (Å²) >= 11 is 8.25. The Labute approximate surface area is 190 Å². The van der Waals surface area contributed by atoms with Crippen molar-refractivity contribution in [3.05, 3.63) is 85.4 Å².